The second-order valence-electron chi connectivity index (χ2n) is 7.77. The molecule has 1 amide bonds. The molecule has 6 nitrogen and oxygen atoms in total. The number of amides is 1. The largest absolute Gasteiger partial charge is 0.507 e. The third-order valence-electron chi connectivity index (χ3n) is 6.17. The highest BCUT2D eigenvalue weighted by atomic mass is 16.3. The number of hydrogen-bond donors (Lipinski definition) is 4. The van der Waals surface area contributed by atoms with Gasteiger partial charge in [0.25, 0.3) is 0 Å². The molecular formula is C22H26N4O2. The van der Waals surface area contributed by atoms with Crippen LogP contribution in [0.2, 0.25) is 0 Å². The minimum atomic E-state index is 0.0122. The molecule has 1 aliphatic carbocycles. The number of fused-ring (bicyclic) bond motifs is 1. The van der Waals surface area contributed by atoms with E-state index in [2.05, 4.69) is 11.6 Å². The van der Waals surface area contributed by atoms with Gasteiger partial charge in [0.2, 0.25) is 5.91 Å². The Morgan fingerprint density at radius 1 is 1.29 bits per heavy atom. The molecule has 2 fully saturated rings. The molecule has 1 saturated carbocycles. The van der Waals surface area contributed by atoms with Gasteiger partial charge in [0.1, 0.15) is 11.6 Å². The number of aromatic hydroxyl groups is 1. The van der Waals surface area contributed by atoms with Gasteiger partial charge >= 0.3 is 0 Å². The number of nitrogen functional groups attached to an aromatic ring is 1. The minimum absolute atomic E-state index is 0.0122. The number of carbonyl (C=O) groups excluding carboxylic acids is 1. The molecule has 2 aliphatic rings. The highest BCUT2D eigenvalue weighted by molar-refractivity contribution is 5.87. The van der Waals surface area contributed by atoms with Crippen LogP contribution in [0.4, 0.5) is 5.82 Å². The van der Waals surface area contributed by atoms with E-state index in [4.69, 9.17) is 11.5 Å². The summed E-state index contributed by atoms with van der Waals surface area (Å²) in [5.41, 5.74) is 15.4. The Morgan fingerprint density at radius 3 is 2.82 bits per heavy atom. The second-order valence-corrected chi connectivity index (χ2v) is 7.77. The van der Waals surface area contributed by atoms with E-state index in [-0.39, 0.29) is 11.7 Å². The van der Waals surface area contributed by atoms with E-state index in [1.807, 2.05) is 17.0 Å². The van der Waals surface area contributed by atoms with Gasteiger partial charge in [0, 0.05) is 41.5 Å². The van der Waals surface area contributed by atoms with Crippen molar-refractivity contribution in [2.24, 2.45) is 17.6 Å². The molecule has 0 radical (unpaired) electrons. The molecule has 6 N–H and O–H groups in total. The van der Waals surface area contributed by atoms with Crippen molar-refractivity contribution in [1.82, 2.24) is 9.88 Å². The van der Waals surface area contributed by atoms with Gasteiger partial charge in [-0.05, 0) is 55.0 Å². The molecule has 146 valence electrons. The standard InChI is InChI=1S/C22H26N4O2/c1-2-21(28)26-11-13-7-8-15(17(13)12-26)19-10-14(22(24)25-19)9-18(23)16-5-3-4-6-20(16)27/h2-6,9-10,13,15,17,25,27H,1,7-8,11-12,23-24H2/b18-9-. The number of phenolic OH excluding ortho intramolecular Hbond substituents is 1. The van der Waals surface area contributed by atoms with E-state index in [0.29, 0.717) is 34.8 Å². The molecule has 6 heteroatoms. The zero-order valence-electron chi connectivity index (χ0n) is 15.8. The highest BCUT2D eigenvalue weighted by Crippen LogP contribution is 2.47. The van der Waals surface area contributed by atoms with Crippen LogP contribution < -0.4 is 11.5 Å². The van der Waals surface area contributed by atoms with E-state index in [0.717, 1.165) is 37.2 Å². The van der Waals surface area contributed by atoms with Crippen molar-refractivity contribution in [3.05, 3.63) is 59.8 Å². The third-order valence-corrected chi connectivity index (χ3v) is 6.17. The summed E-state index contributed by atoms with van der Waals surface area (Å²) < 4.78 is 0. The first-order valence-corrected chi connectivity index (χ1v) is 9.63. The number of anilines is 1. The van der Waals surface area contributed by atoms with Gasteiger partial charge in [-0.2, -0.15) is 0 Å². The fourth-order valence-corrected chi connectivity index (χ4v) is 4.75. The van der Waals surface area contributed by atoms with E-state index in [9.17, 15) is 9.90 Å². The molecule has 0 bridgehead atoms. The van der Waals surface area contributed by atoms with Gasteiger partial charge < -0.3 is 26.5 Å². The smallest absolute Gasteiger partial charge is 0.245 e. The first-order valence-electron chi connectivity index (χ1n) is 9.63. The summed E-state index contributed by atoms with van der Waals surface area (Å²) in [5, 5.41) is 10.00. The zero-order chi connectivity index (χ0) is 19.8. The van der Waals surface area contributed by atoms with Gasteiger partial charge in [0.15, 0.2) is 0 Å². The molecule has 2 aromatic rings. The number of H-pyrrole nitrogens is 1. The highest BCUT2D eigenvalue weighted by Gasteiger charge is 2.44. The molecule has 28 heavy (non-hydrogen) atoms. The lowest BCUT2D eigenvalue weighted by molar-refractivity contribution is -0.125. The van der Waals surface area contributed by atoms with Crippen LogP contribution in [0.1, 0.15) is 35.6 Å². The summed E-state index contributed by atoms with van der Waals surface area (Å²) >= 11 is 0. The van der Waals surface area contributed by atoms with Crippen molar-refractivity contribution < 1.29 is 9.90 Å². The van der Waals surface area contributed by atoms with Gasteiger partial charge in [-0.1, -0.05) is 18.7 Å². The monoisotopic (exact) mass is 378 g/mol. The lowest BCUT2D eigenvalue weighted by Crippen LogP contribution is -2.28. The number of nitrogens with zero attached hydrogens (tertiary/aromatic N) is 1. The maximum atomic E-state index is 12.0. The van der Waals surface area contributed by atoms with Gasteiger partial charge in [-0.3, -0.25) is 4.79 Å². The Morgan fingerprint density at radius 2 is 2.07 bits per heavy atom. The Hall–Kier alpha value is -3.15. The fourth-order valence-electron chi connectivity index (χ4n) is 4.75. The molecule has 1 aromatic carbocycles. The summed E-state index contributed by atoms with van der Waals surface area (Å²) in [7, 11) is 0. The first-order chi connectivity index (χ1) is 13.5. The topological polar surface area (TPSA) is 108 Å². The second kappa shape index (κ2) is 7.11. The SMILES string of the molecule is C=CC(=O)N1CC2CCC(c3cc(/C=C(\N)c4ccccc4O)c(N)[nH]3)C2C1. The number of nitrogens with two attached hydrogens (primary N) is 2. The average molecular weight is 378 g/mol. The van der Waals surface area contributed by atoms with Crippen LogP contribution in [0.25, 0.3) is 11.8 Å². The van der Waals surface area contributed by atoms with E-state index in [1.165, 1.54) is 6.08 Å². The summed E-state index contributed by atoms with van der Waals surface area (Å²) in [6.45, 7) is 5.18. The number of rotatable bonds is 4. The number of aromatic nitrogens is 1. The number of nitrogens with one attached hydrogen (secondary N) is 1. The number of aromatic amines is 1. The summed E-state index contributed by atoms with van der Waals surface area (Å²) in [4.78, 5) is 17.2. The third kappa shape index (κ3) is 3.15. The molecule has 0 spiro atoms. The van der Waals surface area contributed by atoms with Crippen LogP contribution in [0, 0.1) is 11.8 Å². The predicted molar refractivity (Wildman–Crippen MR) is 111 cm³/mol. The molecule has 3 atom stereocenters. The summed E-state index contributed by atoms with van der Waals surface area (Å²) in [6.07, 6.45) is 5.39. The number of hydrogen-bond acceptors (Lipinski definition) is 4. The lowest BCUT2D eigenvalue weighted by atomic mass is 9.90. The molecule has 4 rings (SSSR count). The van der Waals surface area contributed by atoms with Crippen molar-refractivity contribution >= 4 is 23.5 Å². The predicted octanol–water partition coefficient (Wildman–Crippen LogP) is 2.90. The van der Waals surface area contributed by atoms with E-state index in [1.54, 1.807) is 24.3 Å². The Labute approximate surface area is 164 Å². The fraction of sp³-hybridized carbons (Fsp3) is 0.318. The van der Waals surface area contributed by atoms with Crippen LogP contribution in [-0.4, -0.2) is 34.0 Å². The molecule has 2 heterocycles. The van der Waals surface area contributed by atoms with Gasteiger partial charge in [-0.15, -0.1) is 0 Å². The van der Waals surface area contributed by atoms with E-state index < -0.39 is 0 Å². The maximum absolute atomic E-state index is 12.0. The van der Waals surface area contributed by atoms with Crippen LogP contribution in [-0.2, 0) is 4.79 Å². The van der Waals surface area contributed by atoms with Crippen molar-refractivity contribution in [2.45, 2.75) is 18.8 Å². The Balaban J connectivity index is 1.57. The molecule has 1 saturated heterocycles. The van der Waals surface area contributed by atoms with Crippen molar-refractivity contribution in [3.63, 3.8) is 0 Å². The molecule has 1 aliphatic heterocycles. The van der Waals surface area contributed by atoms with E-state index >= 15 is 0 Å². The number of carbonyl (C=O) groups is 1. The summed E-state index contributed by atoms with van der Waals surface area (Å²) in [6, 6.07) is 9.02. The Bertz CT molecular complexity index is 946. The zero-order valence-corrected chi connectivity index (χ0v) is 15.8. The number of phenols is 1. The maximum Gasteiger partial charge on any atom is 0.245 e. The number of para-hydroxylation sites is 1. The quantitative estimate of drug-likeness (QED) is 0.613. The molecule has 1 aromatic heterocycles. The van der Waals surface area contributed by atoms with Crippen LogP contribution >= 0.6 is 0 Å². The lowest BCUT2D eigenvalue weighted by Gasteiger charge is -2.19. The Kier molecular flexibility index (Phi) is 4.63. The van der Waals surface area contributed by atoms with Gasteiger partial charge in [-0.25, -0.2) is 0 Å². The summed E-state index contributed by atoms with van der Waals surface area (Å²) in [5.74, 6) is 2.04. The number of benzene rings is 1. The molecular weight excluding hydrogens is 352 g/mol. The van der Waals surface area contributed by atoms with Crippen molar-refractivity contribution in [1.29, 1.82) is 0 Å². The van der Waals surface area contributed by atoms with Crippen LogP contribution in [0.5, 0.6) is 5.75 Å². The average Bonchev–Trinajstić information content (AvgIpc) is 3.36. The first kappa shape index (κ1) is 18.2. The van der Waals surface area contributed by atoms with Gasteiger partial charge in [0.05, 0.1) is 0 Å². The normalized spacial score (nSPS) is 24.4. The van der Waals surface area contributed by atoms with Crippen LogP contribution in [0.15, 0.2) is 43.0 Å². The molecule has 3 unspecified atom stereocenters. The van der Waals surface area contributed by atoms with Crippen molar-refractivity contribution in [2.75, 3.05) is 18.8 Å². The van der Waals surface area contributed by atoms with Crippen LogP contribution in [0.3, 0.4) is 0 Å². The van der Waals surface area contributed by atoms with Crippen molar-refractivity contribution in [3.8, 4) is 5.75 Å². The number of likely N-dealkylation sites (tertiary alicyclic amines) is 1. The minimum Gasteiger partial charge on any atom is -0.507 e.